The first-order valence-electron chi connectivity index (χ1n) is 6.56. The highest BCUT2D eigenvalue weighted by atomic mass is 16.5. The molecule has 0 spiro atoms. The highest BCUT2D eigenvalue weighted by molar-refractivity contribution is 5.20. The van der Waals surface area contributed by atoms with E-state index in [0.29, 0.717) is 5.92 Å². The van der Waals surface area contributed by atoms with Crippen molar-refractivity contribution in [2.75, 3.05) is 6.61 Å². The zero-order valence-electron chi connectivity index (χ0n) is 10.9. The predicted molar refractivity (Wildman–Crippen MR) is 71.2 cm³/mol. The molecule has 0 radical (unpaired) electrons. The Labute approximate surface area is 105 Å². The minimum absolute atomic E-state index is 0.148. The van der Waals surface area contributed by atoms with E-state index in [9.17, 15) is 5.11 Å². The zero-order valence-corrected chi connectivity index (χ0v) is 10.9. The van der Waals surface area contributed by atoms with Crippen molar-refractivity contribution >= 4 is 0 Å². The number of benzene rings is 1. The van der Waals surface area contributed by atoms with Gasteiger partial charge in [0, 0.05) is 0 Å². The van der Waals surface area contributed by atoms with Gasteiger partial charge in [-0.15, -0.1) is 0 Å². The molecule has 1 aromatic rings. The molecule has 0 aliphatic carbocycles. The van der Waals surface area contributed by atoms with E-state index in [1.54, 1.807) is 0 Å². The molecule has 17 heavy (non-hydrogen) atoms. The summed E-state index contributed by atoms with van der Waals surface area (Å²) >= 11 is 0. The van der Waals surface area contributed by atoms with E-state index in [-0.39, 0.29) is 6.10 Å². The van der Waals surface area contributed by atoms with Crippen molar-refractivity contribution in [2.45, 2.75) is 45.6 Å². The second kappa shape index (κ2) is 8.13. The van der Waals surface area contributed by atoms with Crippen LogP contribution in [0.1, 0.15) is 39.5 Å². The van der Waals surface area contributed by atoms with Crippen LogP contribution < -0.4 is 4.74 Å². The van der Waals surface area contributed by atoms with Gasteiger partial charge >= 0.3 is 0 Å². The minimum Gasteiger partial charge on any atom is -0.494 e. The van der Waals surface area contributed by atoms with Crippen molar-refractivity contribution in [3.8, 4) is 5.75 Å². The Morgan fingerprint density at radius 3 is 2.41 bits per heavy atom. The molecule has 96 valence electrons. The molecule has 0 amide bonds. The van der Waals surface area contributed by atoms with Crippen LogP contribution in [0.3, 0.4) is 0 Å². The van der Waals surface area contributed by atoms with Gasteiger partial charge in [0.1, 0.15) is 5.75 Å². The van der Waals surface area contributed by atoms with E-state index in [0.717, 1.165) is 38.0 Å². The van der Waals surface area contributed by atoms with Crippen LogP contribution in [-0.4, -0.2) is 17.8 Å². The first-order chi connectivity index (χ1) is 8.20. The summed E-state index contributed by atoms with van der Waals surface area (Å²) in [4.78, 5) is 0. The van der Waals surface area contributed by atoms with Gasteiger partial charge in [-0.25, -0.2) is 0 Å². The standard InChI is InChI=1S/C15H24O2/c1-13(2)15(16)11-7-4-8-12-17-14-9-5-3-6-10-14/h3,5-6,9-10,13,15-16H,4,7-8,11-12H2,1-2H3. The predicted octanol–water partition coefficient (Wildman–Crippen LogP) is 3.64. The summed E-state index contributed by atoms with van der Waals surface area (Å²) in [7, 11) is 0. The first-order valence-corrected chi connectivity index (χ1v) is 6.56. The summed E-state index contributed by atoms with van der Waals surface area (Å²) in [6.45, 7) is 4.88. The van der Waals surface area contributed by atoms with Crippen LogP contribution in [0, 0.1) is 5.92 Å². The average molecular weight is 236 g/mol. The molecule has 0 saturated carbocycles. The van der Waals surface area contributed by atoms with E-state index in [4.69, 9.17) is 4.74 Å². The van der Waals surface area contributed by atoms with Gasteiger partial charge < -0.3 is 9.84 Å². The van der Waals surface area contributed by atoms with Gasteiger partial charge in [0.2, 0.25) is 0 Å². The Kier molecular flexibility index (Phi) is 6.71. The average Bonchev–Trinajstić information content (AvgIpc) is 2.34. The smallest absolute Gasteiger partial charge is 0.119 e. The molecule has 0 bridgehead atoms. The van der Waals surface area contributed by atoms with Crippen molar-refractivity contribution < 1.29 is 9.84 Å². The van der Waals surface area contributed by atoms with Gasteiger partial charge in [0.25, 0.3) is 0 Å². The third kappa shape index (κ3) is 6.32. The molecule has 1 unspecified atom stereocenters. The summed E-state index contributed by atoms with van der Waals surface area (Å²) in [5.41, 5.74) is 0. The lowest BCUT2D eigenvalue weighted by molar-refractivity contribution is 0.112. The quantitative estimate of drug-likeness (QED) is 0.698. The number of hydrogen-bond acceptors (Lipinski definition) is 2. The number of hydrogen-bond donors (Lipinski definition) is 1. The van der Waals surface area contributed by atoms with Crippen LogP contribution in [0.25, 0.3) is 0 Å². The monoisotopic (exact) mass is 236 g/mol. The molecular weight excluding hydrogens is 212 g/mol. The highest BCUT2D eigenvalue weighted by Gasteiger charge is 2.07. The number of ether oxygens (including phenoxy) is 1. The maximum Gasteiger partial charge on any atom is 0.119 e. The molecule has 2 nitrogen and oxygen atoms in total. The molecule has 1 aromatic carbocycles. The zero-order chi connectivity index (χ0) is 12.5. The molecular formula is C15H24O2. The maximum absolute atomic E-state index is 9.63. The molecule has 1 atom stereocenters. The van der Waals surface area contributed by atoms with Gasteiger partial charge in [0.15, 0.2) is 0 Å². The van der Waals surface area contributed by atoms with Crippen LogP contribution in [-0.2, 0) is 0 Å². The van der Waals surface area contributed by atoms with E-state index in [1.807, 2.05) is 30.3 Å². The van der Waals surface area contributed by atoms with Crippen LogP contribution in [0.4, 0.5) is 0 Å². The second-order valence-electron chi connectivity index (χ2n) is 4.82. The fourth-order valence-corrected chi connectivity index (χ4v) is 1.67. The summed E-state index contributed by atoms with van der Waals surface area (Å²) in [5.74, 6) is 1.31. The van der Waals surface area contributed by atoms with Crippen molar-refractivity contribution in [1.29, 1.82) is 0 Å². The molecule has 0 aliphatic heterocycles. The molecule has 0 heterocycles. The van der Waals surface area contributed by atoms with Crippen LogP contribution >= 0.6 is 0 Å². The van der Waals surface area contributed by atoms with Crippen molar-refractivity contribution in [3.63, 3.8) is 0 Å². The fourth-order valence-electron chi connectivity index (χ4n) is 1.67. The molecule has 0 saturated heterocycles. The number of para-hydroxylation sites is 1. The number of aliphatic hydroxyl groups is 1. The van der Waals surface area contributed by atoms with Crippen molar-refractivity contribution in [2.24, 2.45) is 5.92 Å². The summed E-state index contributed by atoms with van der Waals surface area (Å²) in [6.07, 6.45) is 4.02. The molecule has 2 heteroatoms. The molecule has 0 aromatic heterocycles. The van der Waals surface area contributed by atoms with Crippen LogP contribution in [0.5, 0.6) is 5.75 Å². The van der Waals surface area contributed by atoms with E-state index in [2.05, 4.69) is 13.8 Å². The van der Waals surface area contributed by atoms with Gasteiger partial charge in [-0.3, -0.25) is 0 Å². The van der Waals surface area contributed by atoms with Crippen LogP contribution in [0.15, 0.2) is 30.3 Å². The molecule has 0 aliphatic rings. The Morgan fingerprint density at radius 2 is 1.76 bits per heavy atom. The second-order valence-corrected chi connectivity index (χ2v) is 4.82. The maximum atomic E-state index is 9.63. The molecule has 1 N–H and O–H groups in total. The summed E-state index contributed by atoms with van der Waals surface area (Å²) in [6, 6.07) is 9.90. The number of unbranched alkanes of at least 4 members (excludes halogenated alkanes) is 2. The van der Waals surface area contributed by atoms with Gasteiger partial charge in [-0.05, 0) is 37.3 Å². The lowest BCUT2D eigenvalue weighted by Crippen LogP contribution is -2.14. The number of rotatable bonds is 8. The summed E-state index contributed by atoms with van der Waals surface area (Å²) < 4.78 is 5.60. The van der Waals surface area contributed by atoms with Gasteiger partial charge in [-0.1, -0.05) is 38.5 Å². The number of aliphatic hydroxyl groups excluding tert-OH is 1. The van der Waals surface area contributed by atoms with E-state index >= 15 is 0 Å². The topological polar surface area (TPSA) is 29.5 Å². The van der Waals surface area contributed by atoms with E-state index in [1.165, 1.54) is 0 Å². The Bertz CT molecular complexity index is 282. The lowest BCUT2D eigenvalue weighted by Gasteiger charge is -2.13. The van der Waals surface area contributed by atoms with Gasteiger partial charge in [0.05, 0.1) is 12.7 Å². The van der Waals surface area contributed by atoms with Crippen molar-refractivity contribution in [1.82, 2.24) is 0 Å². The summed E-state index contributed by atoms with van der Waals surface area (Å²) in [5, 5.41) is 9.63. The third-order valence-corrected chi connectivity index (χ3v) is 2.93. The molecule has 1 rings (SSSR count). The third-order valence-electron chi connectivity index (χ3n) is 2.93. The molecule has 0 fully saturated rings. The SMILES string of the molecule is CC(C)C(O)CCCCCOc1ccccc1. The van der Waals surface area contributed by atoms with Crippen LogP contribution in [0.2, 0.25) is 0 Å². The Balaban J connectivity index is 1.98. The Hall–Kier alpha value is -1.02. The lowest BCUT2D eigenvalue weighted by atomic mass is 10.0. The van der Waals surface area contributed by atoms with E-state index < -0.39 is 0 Å². The largest absolute Gasteiger partial charge is 0.494 e. The van der Waals surface area contributed by atoms with Crippen molar-refractivity contribution in [3.05, 3.63) is 30.3 Å². The fraction of sp³-hybridized carbons (Fsp3) is 0.600. The minimum atomic E-state index is -0.148. The Morgan fingerprint density at radius 1 is 1.06 bits per heavy atom. The normalized spacial score (nSPS) is 12.7. The van der Waals surface area contributed by atoms with Gasteiger partial charge in [-0.2, -0.15) is 0 Å². The first kappa shape index (κ1) is 14.0. The highest BCUT2D eigenvalue weighted by Crippen LogP contribution is 2.12.